The fourth-order valence-electron chi connectivity index (χ4n) is 2.48. The van der Waals surface area contributed by atoms with Crippen LogP contribution in [-0.4, -0.2) is 16.1 Å². The van der Waals surface area contributed by atoms with Gasteiger partial charge in [0.1, 0.15) is 5.69 Å². The molecule has 0 atom stereocenters. The SMILES string of the molecule is Cc1cn(C)c2c1C(=O)c1ccccc1C2=O. The van der Waals surface area contributed by atoms with Crippen molar-refractivity contribution in [3.63, 3.8) is 0 Å². The van der Waals surface area contributed by atoms with Crippen molar-refractivity contribution in [2.24, 2.45) is 7.05 Å². The highest BCUT2D eigenvalue weighted by molar-refractivity contribution is 6.28. The second kappa shape index (κ2) is 3.17. The van der Waals surface area contributed by atoms with Crippen LogP contribution in [0.15, 0.2) is 30.5 Å². The zero-order valence-corrected chi connectivity index (χ0v) is 9.65. The number of fused-ring (bicyclic) bond motifs is 2. The predicted molar refractivity (Wildman–Crippen MR) is 63.5 cm³/mol. The summed E-state index contributed by atoms with van der Waals surface area (Å²) in [6, 6.07) is 6.99. The fourth-order valence-corrected chi connectivity index (χ4v) is 2.48. The van der Waals surface area contributed by atoms with E-state index < -0.39 is 0 Å². The summed E-state index contributed by atoms with van der Waals surface area (Å²) in [5.74, 6) is -0.112. The van der Waals surface area contributed by atoms with Crippen LogP contribution < -0.4 is 0 Å². The maximum absolute atomic E-state index is 12.3. The predicted octanol–water partition coefficient (Wildman–Crippen LogP) is 2.11. The summed E-state index contributed by atoms with van der Waals surface area (Å²) in [4.78, 5) is 24.6. The molecule has 0 aliphatic heterocycles. The Morgan fingerprint density at radius 3 is 2.24 bits per heavy atom. The molecular formula is C14H11NO2. The molecule has 3 nitrogen and oxygen atoms in total. The lowest BCUT2D eigenvalue weighted by atomic mass is 9.87. The lowest BCUT2D eigenvalue weighted by Crippen LogP contribution is -2.22. The van der Waals surface area contributed by atoms with E-state index in [1.54, 1.807) is 35.9 Å². The Labute approximate surface area is 98.7 Å². The van der Waals surface area contributed by atoms with Gasteiger partial charge in [-0.15, -0.1) is 0 Å². The van der Waals surface area contributed by atoms with Crippen LogP contribution in [0.1, 0.15) is 37.5 Å². The van der Waals surface area contributed by atoms with Crippen molar-refractivity contribution in [1.29, 1.82) is 0 Å². The molecule has 0 unspecified atom stereocenters. The minimum absolute atomic E-state index is 0.0479. The molecule has 17 heavy (non-hydrogen) atoms. The van der Waals surface area contributed by atoms with Gasteiger partial charge in [-0.25, -0.2) is 0 Å². The summed E-state index contributed by atoms with van der Waals surface area (Å²) in [5, 5.41) is 0. The Bertz CT molecular complexity index is 609. The maximum atomic E-state index is 12.3. The van der Waals surface area contributed by atoms with Crippen molar-refractivity contribution >= 4 is 11.6 Å². The molecule has 0 saturated heterocycles. The third-order valence-electron chi connectivity index (χ3n) is 3.23. The zero-order chi connectivity index (χ0) is 12.2. The van der Waals surface area contributed by atoms with Gasteiger partial charge in [-0.2, -0.15) is 0 Å². The average Bonchev–Trinajstić information content (AvgIpc) is 2.62. The Morgan fingerprint density at radius 2 is 1.59 bits per heavy atom. The van der Waals surface area contributed by atoms with Crippen LogP contribution in [0.4, 0.5) is 0 Å². The van der Waals surface area contributed by atoms with Gasteiger partial charge >= 0.3 is 0 Å². The lowest BCUT2D eigenvalue weighted by Gasteiger charge is -2.15. The van der Waals surface area contributed by atoms with Gasteiger partial charge in [0.25, 0.3) is 0 Å². The second-order valence-corrected chi connectivity index (χ2v) is 4.35. The number of aromatic nitrogens is 1. The lowest BCUT2D eigenvalue weighted by molar-refractivity contribution is 0.0974. The molecule has 0 amide bonds. The molecule has 3 rings (SSSR count). The monoisotopic (exact) mass is 225 g/mol. The van der Waals surface area contributed by atoms with Gasteiger partial charge in [-0.05, 0) is 12.5 Å². The summed E-state index contributed by atoms with van der Waals surface area (Å²) in [7, 11) is 1.80. The van der Waals surface area contributed by atoms with Crippen molar-refractivity contribution in [3.05, 3.63) is 58.4 Å². The molecule has 1 aliphatic rings. The van der Waals surface area contributed by atoms with E-state index in [0.717, 1.165) is 5.56 Å². The third-order valence-corrected chi connectivity index (χ3v) is 3.23. The van der Waals surface area contributed by atoms with Gasteiger partial charge in [-0.3, -0.25) is 9.59 Å². The second-order valence-electron chi connectivity index (χ2n) is 4.35. The Morgan fingerprint density at radius 1 is 1.00 bits per heavy atom. The van der Waals surface area contributed by atoms with E-state index in [0.29, 0.717) is 22.4 Å². The van der Waals surface area contributed by atoms with E-state index in [-0.39, 0.29) is 11.6 Å². The van der Waals surface area contributed by atoms with Crippen LogP contribution in [0.5, 0.6) is 0 Å². The Kier molecular flexibility index (Phi) is 1.87. The molecule has 3 heteroatoms. The number of nitrogens with zero attached hydrogens (tertiary/aromatic N) is 1. The Hall–Kier alpha value is -2.16. The molecule has 1 aliphatic carbocycles. The third kappa shape index (κ3) is 1.16. The number of hydrogen-bond donors (Lipinski definition) is 0. The molecule has 0 spiro atoms. The molecule has 0 bridgehead atoms. The van der Waals surface area contributed by atoms with E-state index in [1.807, 2.05) is 13.1 Å². The van der Waals surface area contributed by atoms with E-state index in [2.05, 4.69) is 0 Å². The van der Waals surface area contributed by atoms with Crippen molar-refractivity contribution in [3.8, 4) is 0 Å². The highest BCUT2D eigenvalue weighted by Gasteiger charge is 2.33. The highest BCUT2D eigenvalue weighted by atomic mass is 16.1. The van der Waals surface area contributed by atoms with Gasteiger partial charge in [0.15, 0.2) is 5.78 Å². The minimum Gasteiger partial charge on any atom is -0.347 e. The van der Waals surface area contributed by atoms with E-state index in [9.17, 15) is 9.59 Å². The summed E-state index contributed by atoms with van der Waals surface area (Å²) >= 11 is 0. The Balaban J connectivity index is 2.39. The van der Waals surface area contributed by atoms with E-state index >= 15 is 0 Å². The first-order valence-corrected chi connectivity index (χ1v) is 5.45. The minimum atomic E-state index is -0.0641. The normalized spacial score (nSPS) is 13.5. The summed E-state index contributed by atoms with van der Waals surface area (Å²) in [6.45, 7) is 1.86. The van der Waals surface area contributed by atoms with Crippen LogP contribution in [0, 0.1) is 6.92 Å². The number of rotatable bonds is 0. The molecule has 1 heterocycles. The standard InChI is InChI=1S/C14H11NO2/c1-8-7-15(2)12-11(8)13(16)9-5-3-4-6-10(9)14(12)17/h3-7H,1-2H3. The first-order chi connectivity index (χ1) is 8.11. The quantitative estimate of drug-likeness (QED) is 0.587. The number of carbonyl (C=O) groups excluding carboxylic acids is 2. The van der Waals surface area contributed by atoms with Crippen molar-refractivity contribution < 1.29 is 9.59 Å². The van der Waals surface area contributed by atoms with Crippen molar-refractivity contribution in [2.45, 2.75) is 6.92 Å². The van der Waals surface area contributed by atoms with E-state index in [1.165, 1.54) is 0 Å². The molecule has 0 saturated carbocycles. The summed E-state index contributed by atoms with van der Waals surface area (Å²) in [6.07, 6.45) is 1.83. The van der Waals surface area contributed by atoms with Crippen LogP contribution >= 0.6 is 0 Å². The topological polar surface area (TPSA) is 39.1 Å². The summed E-state index contributed by atoms with van der Waals surface area (Å²) in [5.41, 5.74) is 2.93. The van der Waals surface area contributed by atoms with Gasteiger partial charge < -0.3 is 4.57 Å². The first kappa shape index (κ1) is 10.0. The van der Waals surface area contributed by atoms with Gasteiger partial charge in [0.05, 0.1) is 5.56 Å². The smallest absolute Gasteiger partial charge is 0.210 e. The van der Waals surface area contributed by atoms with Crippen LogP contribution in [0.25, 0.3) is 0 Å². The number of benzene rings is 1. The molecular weight excluding hydrogens is 214 g/mol. The molecule has 1 aromatic heterocycles. The summed E-state index contributed by atoms with van der Waals surface area (Å²) < 4.78 is 1.74. The number of ketones is 2. The van der Waals surface area contributed by atoms with Crippen molar-refractivity contribution in [1.82, 2.24) is 4.57 Å². The van der Waals surface area contributed by atoms with Gasteiger partial charge in [0.2, 0.25) is 5.78 Å². The van der Waals surface area contributed by atoms with E-state index in [4.69, 9.17) is 0 Å². The van der Waals surface area contributed by atoms with Gasteiger partial charge in [-0.1, -0.05) is 24.3 Å². The molecule has 1 aromatic carbocycles. The largest absolute Gasteiger partial charge is 0.347 e. The van der Waals surface area contributed by atoms with Crippen LogP contribution in [-0.2, 0) is 7.05 Å². The number of aryl methyl sites for hydroxylation is 2. The molecule has 0 fully saturated rings. The van der Waals surface area contributed by atoms with Crippen molar-refractivity contribution in [2.75, 3.05) is 0 Å². The molecule has 84 valence electrons. The average molecular weight is 225 g/mol. The van der Waals surface area contributed by atoms with Crippen LogP contribution in [0.2, 0.25) is 0 Å². The number of hydrogen-bond acceptors (Lipinski definition) is 2. The fraction of sp³-hybridized carbons (Fsp3) is 0.143. The highest BCUT2D eigenvalue weighted by Crippen LogP contribution is 2.29. The van der Waals surface area contributed by atoms with Gasteiger partial charge in [0, 0.05) is 24.4 Å². The number of carbonyl (C=O) groups is 2. The zero-order valence-electron chi connectivity index (χ0n) is 9.65. The molecule has 2 aromatic rings. The molecule has 0 N–H and O–H groups in total. The van der Waals surface area contributed by atoms with Crippen LogP contribution in [0.3, 0.4) is 0 Å². The first-order valence-electron chi connectivity index (χ1n) is 5.45. The molecule has 0 radical (unpaired) electrons. The maximum Gasteiger partial charge on any atom is 0.210 e.